The fourth-order valence-corrected chi connectivity index (χ4v) is 3.43. The Balaban J connectivity index is 1.76. The normalized spacial score (nSPS) is 34.1. The van der Waals surface area contributed by atoms with Crippen LogP contribution in [0.15, 0.2) is 0 Å². The van der Waals surface area contributed by atoms with Crippen molar-refractivity contribution in [1.29, 1.82) is 0 Å². The summed E-state index contributed by atoms with van der Waals surface area (Å²) in [5.41, 5.74) is 5.86. The predicted molar refractivity (Wildman–Crippen MR) is 69.3 cm³/mol. The maximum Gasteiger partial charge on any atom is 0.00244 e. The van der Waals surface area contributed by atoms with Crippen LogP contribution in [0.1, 0.15) is 45.4 Å². The van der Waals surface area contributed by atoms with E-state index >= 15 is 0 Å². The highest BCUT2D eigenvalue weighted by Crippen LogP contribution is 2.27. The molecule has 2 fully saturated rings. The third kappa shape index (κ3) is 3.21. The van der Waals surface area contributed by atoms with Crippen LogP contribution in [-0.2, 0) is 0 Å². The van der Waals surface area contributed by atoms with E-state index in [0.29, 0.717) is 0 Å². The minimum absolute atomic E-state index is 0.748. The zero-order chi connectivity index (χ0) is 11.4. The summed E-state index contributed by atoms with van der Waals surface area (Å²) < 4.78 is 0. The lowest BCUT2D eigenvalue weighted by Gasteiger charge is -2.38. The first-order valence-corrected chi connectivity index (χ1v) is 7.22. The molecule has 0 aromatic carbocycles. The molecule has 2 N–H and O–H groups in total. The van der Waals surface area contributed by atoms with Crippen LogP contribution in [0.2, 0.25) is 0 Å². The van der Waals surface area contributed by atoms with E-state index in [0.717, 1.165) is 24.3 Å². The summed E-state index contributed by atoms with van der Waals surface area (Å²) in [5, 5.41) is 0. The van der Waals surface area contributed by atoms with Crippen molar-refractivity contribution >= 4 is 0 Å². The molecular formula is C14H28N2. The third-order valence-corrected chi connectivity index (χ3v) is 4.74. The number of hydrogen-bond acceptors (Lipinski definition) is 2. The van der Waals surface area contributed by atoms with Crippen LogP contribution < -0.4 is 5.73 Å². The second kappa shape index (κ2) is 6.02. The second-order valence-electron chi connectivity index (χ2n) is 6.03. The van der Waals surface area contributed by atoms with Crippen LogP contribution in [-0.4, -0.2) is 31.1 Å². The van der Waals surface area contributed by atoms with E-state index in [9.17, 15) is 0 Å². The predicted octanol–water partition coefficient (Wildman–Crippen LogP) is 2.48. The zero-order valence-electron chi connectivity index (χ0n) is 10.8. The molecule has 94 valence electrons. The first kappa shape index (κ1) is 12.4. The van der Waals surface area contributed by atoms with E-state index in [1.54, 1.807) is 0 Å². The van der Waals surface area contributed by atoms with Crippen molar-refractivity contribution < 1.29 is 0 Å². The fraction of sp³-hybridized carbons (Fsp3) is 1.00. The van der Waals surface area contributed by atoms with E-state index in [1.165, 1.54) is 58.2 Å². The molecule has 1 aliphatic carbocycles. The summed E-state index contributed by atoms with van der Waals surface area (Å²) in [6, 6.07) is 0. The molecule has 2 rings (SSSR count). The molecule has 2 unspecified atom stereocenters. The molecule has 0 aromatic heterocycles. The van der Waals surface area contributed by atoms with Crippen molar-refractivity contribution in [3.05, 3.63) is 0 Å². The first-order valence-electron chi connectivity index (χ1n) is 7.22. The number of likely N-dealkylation sites (tertiary alicyclic amines) is 1. The van der Waals surface area contributed by atoms with Gasteiger partial charge in [-0.3, -0.25) is 0 Å². The highest BCUT2D eigenvalue weighted by atomic mass is 15.1. The summed E-state index contributed by atoms with van der Waals surface area (Å²) >= 11 is 0. The number of rotatable bonds is 3. The van der Waals surface area contributed by atoms with Gasteiger partial charge in [0.2, 0.25) is 0 Å². The standard InChI is InChI=1S/C14H28N2/c1-12-7-8-16(11-14(12)9-15)10-13-5-3-2-4-6-13/h12-14H,2-11,15H2,1H3. The van der Waals surface area contributed by atoms with Gasteiger partial charge in [0.15, 0.2) is 0 Å². The summed E-state index contributed by atoms with van der Waals surface area (Å²) in [4.78, 5) is 2.69. The fourth-order valence-electron chi connectivity index (χ4n) is 3.43. The van der Waals surface area contributed by atoms with Gasteiger partial charge in [0, 0.05) is 13.1 Å². The van der Waals surface area contributed by atoms with Crippen molar-refractivity contribution in [3.8, 4) is 0 Å². The molecule has 2 heteroatoms. The Morgan fingerprint density at radius 3 is 2.56 bits per heavy atom. The first-order chi connectivity index (χ1) is 7.79. The molecule has 0 amide bonds. The maximum absolute atomic E-state index is 5.86. The van der Waals surface area contributed by atoms with Crippen LogP contribution in [0.5, 0.6) is 0 Å². The SMILES string of the molecule is CC1CCN(CC2CCCCC2)CC1CN. The van der Waals surface area contributed by atoms with Crippen molar-refractivity contribution in [2.75, 3.05) is 26.2 Å². The van der Waals surface area contributed by atoms with E-state index in [4.69, 9.17) is 5.73 Å². The van der Waals surface area contributed by atoms with E-state index < -0.39 is 0 Å². The number of nitrogens with two attached hydrogens (primary N) is 1. The van der Waals surface area contributed by atoms with Gasteiger partial charge in [-0.2, -0.15) is 0 Å². The molecule has 2 aliphatic rings. The molecule has 16 heavy (non-hydrogen) atoms. The van der Waals surface area contributed by atoms with Crippen molar-refractivity contribution in [2.24, 2.45) is 23.5 Å². The summed E-state index contributed by atoms with van der Waals surface area (Å²) in [6.07, 6.45) is 8.71. The van der Waals surface area contributed by atoms with Crippen LogP contribution in [0.4, 0.5) is 0 Å². The molecule has 2 atom stereocenters. The lowest BCUT2D eigenvalue weighted by molar-refractivity contribution is 0.106. The minimum Gasteiger partial charge on any atom is -0.330 e. The Bertz CT molecular complexity index is 199. The van der Waals surface area contributed by atoms with E-state index in [-0.39, 0.29) is 0 Å². The smallest absolute Gasteiger partial charge is 0.00244 e. The minimum atomic E-state index is 0.748. The van der Waals surface area contributed by atoms with Gasteiger partial charge in [-0.1, -0.05) is 26.2 Å². The van der Waals surface area contributed by atoms with E-state index in [2.05, 4.69) is 11.8 Å². The zero-order valence-corrected chi connectivity index (χ0v) is 10.8. The van der Waals surface area contributed by atoms with Gasteiger partial charge in [-0.25, -0.2) is 0 Å². The topological polar surface area (TPSA) is 29.3 Å². The Hall–Kier alpha value is -0.0800. The van der Waals surface area contributed by atoms with Gasteiger partial charge in [-0.15, -0.1) is 0 Å². The highest BCUT2D eigenvalue weighted by Gasteiger charge is 2.26. The Morgan fingerprint density at radius 1 is 1.12 bits per heavy atom. The molecule has 1 saturated heterocycles. The van der Waals surface area contributed by atoms with Gasteiger partial charge >= 0.3 is 0 Å². The molecular weight excluding hydrogens is 196 g/mol. The molecule has 1 heterocycles. The monoisotopic (exact) mass is 224 g/mol. The Kier molecular flexibility index (Phi) is 4.66. The molecule has 0 spiro atoms. The molecule has 0 bridgehead atoms. The van der Waals surface area contributed by atoms with Gasteiger partial charge in [0.1, 0.15) is 0 Å². The van der Waals surface area contributed by atoms with Gasteiger partial charge in [0.05, 0.1) is 0 Å². The van der Waals surface area contributed by atoms with Crippen LogP contribution in [0.3, 0.4) is 0 Å². The largest absolute Gasteiger partial charge is 0.330 e. The van der Waals surface area contributed by atoms with Crippen molar-refractivity contribution in [2.45, 2.75) is 45.4 Å². The molecule has 0 radical (unpaired) electrons. The van der Waals surface area contributed by atoms with Crippen molar-refractivity contribution in [3.63, 3.8) is 0 Å². The van der Waals surface area contributed by atoms with Gasteiger partial charge in [-0.05, 0) is 50.1 Å². The van der Waals surface area contributed by atoms with Crippen LogP contribution in [0.25, 0.3) is 0 Å². The van der Waals surface area contributed by atoms with E-state index in [1.807, 2.05) is 0 Å². The average molecular weight is 224 g/mol. The molecule has 1 aliphatic heterocycles. The molecule has 1 saturated carbocycles. The second-order valence-corrected chi connectivity index (χ2v) is 6.03. The lowest BCUT2D eigenvalue weighted by atomic mass is 9.85. The number of hydrogen-bond donors (Lipinski definition) is 1. The highest BCUT2D eigenvalue weighted by molar-refractivity contribution is 4.80. The van der Waals surface area contributed by atoms with Crippen molar-refractivity contribution in [1.82, 2.24) is 4.90 Å². The molecule has 2 nitrogen and oxygen atoms in total. The Labute approximate surface area is 101 Å². The summed E-state index contributed by atoms with van der Waals surface area (Å²) in [5.74, 6) is 2.57. The summed E-state index contributed by atoms with van der Waals surface area (Å²) in [7, 11) is 0. The van der Waals surface area contributed by atoms with Crippen LogP contribution in [0, 0.1) is 17.8 Å². The third-order valence-electron chi connectivity index (χ3n) is 4.74. The van der Waals surface area contributed by atoms with Gasteiger partial charge in [0.25, 0.3) is 0 Å². The number of piperidine rings is 1. The summed E-state index contributed by atoms with van der Waals surface area (Å²) in [6.45, 7) is 7.17. The maximum atomic E-state index is 5.86. The van der Waals surface area contributed by atoms with Crippen LogP contribution >= 0.6 is 0 Å². The lowest BCUT2D eigenvalue weighted by Crippen LogP contribution is -2.44. The molecule has 0 aromatic rings. The number of nitrogens with zero attached hydrogens (tertiary/aromatic N) is 1. The quantitative estimate of drug-likeness (QED) is 0.798. The Morgan fingerprint density at radius 2 is 1.88 bits per heavy atom. The van der Waals surface area contributed by atoms with Gasteiger partial charge < -0.3 is 10.6 Å². The average Bonchev–Trinajstić information content (AvgIpc) is 2.33.